The fourth-order valence-corrected chi connectivity index (χ4v) is 3.56. The molecule has 0 spiro atoms. The van der Waals surface area contributed by atoms with Crippen LogP contribution in [0, 0.1) is 28.1 Å². The highest BCUT2D eigenvalue weighted by Gasteiger charge is 2.39. The van der Waals surface area contributed by atoms with E-state index in [1.807, 2.05) is 0 Å². The van der Waals surface area contributed by atoms with Crippen molar-refractivity contribution in [1.29, 1.82) is 0 Å². The molecule has 0 bridgehead atoms. The summed E-state index contributed by atoms with van der Waals surface area (Å²) in [4.78, 5) is 0. The lowest BCUT2D eigenvalue weighted by atomic mass is 9.59. The Labute approximate surface area is 130 Å². The quantitative estimate of drug-likeness (QED) is 0.447. The van der Waals surface area contributed by atoms with Crippen molar-refractivity contribution in [3.05, 3.63) is 0 Å². The number of unbranched alkanes of at least 4 members (excludes halogenated alkanes) is 2. The van der Waals surface area contributed by atoms with Crippen molar-refractivity contribution in [2.45, 2.75) is 101 Å². The summed E-state index contributed by atoms with van der Waals surface area (Å²) in [7, 11) is 0. The van der Waals surface area contributed by atoms with Crippen LogP contribution in [0.25, 0.3) is 0 Å². The Morgan fingerprint density at radius 3 is 1.40 bits per heavy atom. The first-order valence-corrected chi connectivity index (χ1v) is 8.79. The second-order valence-corrected chi connectivity index (χ2v) is 10.2. The topological polar surface area (TPSA) is 0 Å². The fraction of sp³-hybridized carbons (Fsp3) is 1.00. The molecule has 20 heavy (non-hydrogen) atoms. The van der Waals surface area contributed by atoms with Gasteiger partial charge in [0, 0.05) is 0 Å². The van der Waals surface area contributed by atoms with Gasteiger partial charge in [0.25, 0.3) is 0 Å². The zero-order valence-electron chi connectivity index (χ0n) is 16.2. The SMILES string of the molecule is CCCCCC(C(CC(C)(C)C)C(C)(C)C)C(C)(C)C. The Hall–Kier alpha value is 0. The summed E-state index contributed by atoms with van der Waals surface area (Å²) in [6.45, 7) is 24.2. The van der Waals surface area contributed by atoms with Gasteiger partial charge in [-0.2, -0.15) is 0 Å². The minimum Gasteiger partial charge on any atom is -0.0654 e. The van der Waals surface area contributed by atoms with Gasteiger partial charge in [0.05, 0.1) is 0 Å². The van der Waals surface area contributed by atoms with Crippen molar-refractivity contribution >= 4 is 0 Å². The molecule has 122 valence electrons. The molecular weight excluding hydrogens is 240 g/mol. The first-order valence-electron chi connectivity index (χ1n) is 8.79. The van der Waals surface area contributed by atoms with Crippen LogP contribution >= 0.6 is 0 Å². The number of hydrogen-bond acceptors (Lipinski definition) is 0. The second kappa shape index (κ2) is 7.32. The summed E-state index contributed by atoms with van der Waals surface area (Å²) in [6.07, 6.45) is 6.85. The van der Waals surface area contributed by atoms with Crippen LogP contribution in [0.3, 0.4) is 0 Å². The fourth-order valence-electron chi connectivity index (χ4n) is 3.56. The zero-order valence-corrected chi connectivity index (χ0v) is 16.2. The highest BCUT2D eigenvalue weighted by molar-refractivity contribution is 4.89. The average Bonchev–Trinajstić information content (AvgIpc) is 2.17. The Kier molecular flexibility index (Phi) is 7.32. The van der Waals surface area contributed by atoms with Gasteiger partial charge in [0.2, 0.25) is 0 Å². The number of rotatable bonds is 6. The van der Waals surface area contributed by atoms with Crippen LogP contribution in [0.2, 0.25) is 0 Å². The lowest BCUT2D eigenvalue weighted by Crippen LogP contribution is -2.38. The third-order valence-electron chi connectivity index (χ3n) is 4.66. The van der Waals surface area contributed by atoms with Crippen molar-refractivity contribution in [2.75, 3.05) is 0 Å². The first kappa shape index (κ1) is 20.0. The molecule has 0 saturated carbocycles. The lowest BCUT2D eigenvalue weighted by molar-refractivity contribution is 0.0317. The molecule has 0 aromatic carbocycles. The van der Waals surface area contributed by atoms with Crippen LogP contribution in [0.15, 0.2) is 0 Å². The van der Waals surface area contributed by atoms with Gasteiger partial charge in [-0.3, -0.25) is 0 Å². The summed E-state index contributed by atoms with van der Waals surface area (Å²) >= 11 is 0. The van der Waals surface area contributed by atoms with E-state index in [0.717, 1.165) is 11.8 Å². The summed E-state index contributed by atoms with van der Waals surface area (Å²) in [5, 5.41) is 0. The molecule has 0 aliphatic carbocycles. The molecular formula is C20H42. The van der Waals surface area contributed by atoms with Crippen LogP contribution in [0.5, 0.6) is 0 Å². The minimum atomic E-state index is 0.400. The molecule has 0 radical (unpaired) electrons. The molecule has 0 fully saturated rings. The highest BCUT2D eigenvalue weighted by atomic mass is 14.4. The van der Waals surface area contributed by atoms with Crippen molar-refractivity contribution in [3.8, 4) is 0 Å². The van der Waals surface area contributed by atoms with Gasteiger partial charge in [-0.05, 0) is 40.9 Å². The van der Waals surface area contributed by atoms with Crippen LogP contribution in [-0.2, 0) is 0 Å². The van der Waals surface area contributed by atoms with Gasteiger partial charge in [-0.15, -0.1) is 0 Å². The van der Waals surface area contributed by atoms with Gasteiger partial charge in [0.15, 0.2) is 0 Å². The summed E-state index contributed by atoms with van der Waals surface area (Å²) in [6, 6.07) is 0. The Balaban J connectivity index is 5.20. The van der Waals surface area contributed by atoms with Crippen LogP contribution in [0.4, 0.5) is 0 Å². The van der Waals surface area contributed by atoms with E-state index in [-0.39, 0.29) is 0 Å². The summed E-state index contributed by atoms with van der Waals surface area (Å²) < 4.78 is 0. The molecule has 0 aliphatic rings. The maximum absolute atomic E-state index is 2.45. The van der Waals surface area contributed by atoms with Gasteiger partial charge < -0.3 is 0 Å². The van der Waals surface area contributed by atoms with Gasteiger partial charge in [0.1, 0.15) is 0 Å². The first-order chi connectivity index (χ1) is 8.79. The minimum absolute atomic E-state index is 0.400. The van der Waals surface area contributed by atoms with E-state index in [1.165, 1.54) is 32.1 Å². The molecule has 0 amide bonds. The van der Waals surface area contributed by atoms with Crippen molar-refractivity contribution in [3.63, 3.8) is 0 Å². The van der Waals surface area contributed by atoms with Gasteiger partial charge in [-0.25, -0.2) is 0 Å². The van der Waals surface area contributed by atoms with Gasteiger partial charge in [-0.1, -0.05) is 88.5 Å². The largest absolute Gasteiger partial charge is 0.0654 e. The van der Waals surface area contributed by atoms with E-state index in [0.29, 0.717) is 16.2 Å². The molecule has 0 rings (SSSR count). The average molecular weight is 283 g/mol. The van der Waals surface area contributed by atoms with Crippen LogP contribution in [0.1, 0.15) is 101 Å². The smallest absolute Gasteiger partial charge is 0.0327 e. The molecule has 0 N–H and O–H groups in total. The highest BCUT2D eigenvalue weighted by Crippen LogP contribution is 2.48. The van der Waals surface area contributed by atoms with E-state index in [9.17, 15) is 0 Å². The second-order valence-electron chi connectivity index (χ2n) is 10.2. The predicted molar refractivity (Wildman–Crippen MR) is 94.1 cm³/mol. The van der Waals surface area contributed by atoms with Gasteiger partial charge >= 0.3 is 0 Å². The molecule has 0 nitrogen and oxygen atoms in total. The lowest BCUT2D eigenvalue weighted by Gasteiger charge is -2.46. The molecule has 0 aromatic rings. The molecule has 0 heterocycles. The third-order valence-corrected chi connectivity index (χ3v) is 4.66. The normalized spacial score (nSPS) is 17.1. The van der Waals surface area contributed by atoms with Crippen molar-refractivity contribution in [2.24, 2.45) is 28.1 Å². The van der Waals surface area contributed by atoms with Crippen LogP contribution in [-0.4, -0.2) is 0 Å². The Morgan fingerprint density at radius 2 is 1.10 bits per heavy atom. The third kappa shape index (κ3) is 7.70. The van der Waals surface area contributed by atoms with Crippen molar-refractivity contribution in [1.82, 2.24) is 0 Å². The number of hydrogen-bond donors (Lipinski definition) is 0. The molecule has 0 aromatic heterocycles. The maximum Gasteiger partial charge on any atom is -0.0327 e. The molecule has 0 saturated heterocycles. The predicted octanol–water partition coefficient (Wildman–Crippen LogP) is 7.33. The molecule has 0 heteroatoms. The van der Waals surface area contributed by atoms with E-state index in [4.69, 9.17) is 0 Å². The molecule has 0 aliphatic heterocycles. The van der Waals surface area contributed by atoms with Crippen molar-refractivity contribution < 1.29 is 0 Å². The molecule has 2 atom stereocenters. The zero-order chi connectivity index (χ0) is 16.2. The van der Waals surface area contributed by atoms with E-state index >= 15 is 0 Å². The maximum atomic E-state index is 2.45. The molecule has 2 unspecified atom stereocenters. The summed E-state index contributed by atoms with van der Waals surface area (Å²) in [5.74, 6) is 1.63. The van der Waals surface area contributed by atoms with E-state index in [1.54, 1.807) is 0 Å². The Bertz CT molecular complexity index is 253. The van der Waals surface area contributed by atoms with E-state index < -0.39 is 0 Å². The van der Waals surface area contributed by atoms with Crippen LogP contribution < -0.4 is 0 Å². The summed E-state index contributed by atoms with van der Waals surface area (Å²) in [5.41, 5.74) is 1.24. The van der Waals surface area contributed by atoms with E-state index in [2.05, 4.69) is 69.2 Å². The monoisotopic (exact) mass is 282 g/mol. The standard InChI is InChI=1S/C20H42/c1-11-12-13-14-16(19(5,6)7)17(20(8,9)10)15-18(2,3)4/h16-17H,11-15H2,1-10H3. The Morgan fingerprint density at radius 1 is 0.650 bits per heavy atom.